The van der Waals surface area contributed by atoms with E-state index in [2.05, 4.69) is 22.5 Å². The molecular formula is C22H33IN4O3. The summed E-state index contributed by atoms with van der Waals surface area (Å²) in [6.45, 7) is 6.31. The first-order valence-corrected chi connectivity index (χ1v) is 10.4. The summed E-state index contributed by atoms with van der Waals surface area (Å²) in [6, 6.07) is 9.52. The second-order valence-electron chi connectivity index (χ2n) is 7.17. The number of guanidine groups is 1. The molecule has 1 saturated heterocycles. The third-order valence-electron chi connectivity index (χ3n) is 5.20. The molecule has 166 valence electrons. The van der Waals surface area contributed by atoms with Crippen LogP contribution in [0.1, 0.15) is 37.1 Å². The van der Waals surface area contributed by atoms with E-state index >= 15 is 0 Å². The maximum absolute atomic E-state index is 10.1. The van der Waals surface area contributed by atoms with Crippen molar-refractivity contribution in [2.75, 3.05) is 39.8 Å². The fourth-order valence-electron chi connectivity index (χ4n) is 3.64. The number of benzene rings is 1. The number of ether oxygens (including phenoxy) is 1. The molecule has 0 spiro atoms. The van der Waals surface area contributed by atoms with Crippen molar-refractivity contribution in [3.8, 4) is 11.5 Å². The van der Waals surface area contributed by atoms with Gasteiger partial charge in [-0.3, -0.25) is 9.89 Å². The normalized spacial score (nSPS) is 15.5. The van der Waals surface area contributed by atoms with Gasteiger partial charge in [0.2, 0.25) is 0 Å². The van der Waals surface area contributed by atoms with Crippen LogP contribution in [0.5, 0.6) is 11.5 Å². The quantitative estimate of drug-likeness (QED) is 0.263. The van der Waals surface area contributed by atoms with Crippen molar-refractivity contribution >= 4 is 29.9 Å². The Morgan fingerprint density at radius 2 is 2.07 bits per heavy atom. The lowest BCUT2D eigenvalue weighted by atomic mass is 10.1. The monoisotopic (exact) mass is 528 g/mol. The predicted octanol–water partition coefficient (Wildman–Crippen LogP) is 3.55. The number of halogens is 1. The molecule has 1 aliphatic heterocycles. The Labute approximate surface area is 195 Å². The summed E-state index contributed by atoms with van der Waals surface area (Å²) < 4.78 is 10.8. The van der Waals surface area contributed by atoms with Crippen molar-refractivity contribution in [1.29, 1.82) is 0 Å². The Kier molecular flexibility index (Phi) is 10.3. The summed E-state index contributed by atoms with van der Waals surface area (Å²) in [5.74, 6) is 2.64. The molecule has 2 heterocycles. The van der Waals surface area contributed by atoms with Gasteiger partial charge in [-0.2, -0.15) is 0 Å². The molecule has 1 aliphatic rings. The molecule has 2 aromatic rings. The van der Waals surface area contributed by atoms with Gasteiger partial charge in [0.05, 0.1) is 26.0 Å². The number of phenolic OH excluding ortho intramolecular Hbond substituents is 1. The predicted molar refractivity (Wildman–Crippen MR) is 130 cm³/mol. The van der Waals surface area contributed by atoms with Crippen LogP contribution in [-0.4, -0.2) is 55.8 Å². The van der Waals surface area contributed by atoms with Crippen molar-refractivity contribution in [3.05, 3.63) is 47.9 Å². The van der Waals surface area contributed by atoms with E-state index in [0.29, 0.717) is 25.3 Å². The topological polar surface area (TPSA) is 82.3 Å². The molecule has 1 aromatic heterocycles. The minimum Gasteiger partial charge on any atom is -0.508 e. The number of furan rings is 1. The van der Waals surface area contributed by atoms with E-state index in [-0.39, 0.29) is 35.8 Å². The van der Waals surface area contributed by atoms with Crippen molar-refractivity contribution < 1.29 is 14.3 Å². The molecule has 3 rings (SSSR count). The number of hydrogen-bond acceptors (Lipinski definition) is 5. The Hall–Kier alpha value is -1.94. The first-order chi connectivity index (χ1) is 14.2. The Morgan fingerprint density at radius 1 is 1.27 bits per heavy atom. The molecule has 1 fully saturated rings. The highest BCUT2D eigenvalue weighted by atomic mass is 127. The molecular weight excluding hydrogens is 495 g/mol. The molecule has 30 heavy (non-hydrogen) atoms. The average Bonchev–Trinajstić information content (AvgIpc) is 3.44. The Morgan fingerprint density at radius 3 is 2.70 bits per heavy atom. The lowest BCUT2D eigenvalue weighted by Crippen LogP contribution is -2.39. The van der Waals surface area contributed by atoms with Crippen LogP contribution < -0.4 is 15.4 Å². The van der Waals surface area contributed by atoms with Crippen LogP contribution in [0.3, 0.4) is 0 Å². The highest BCUT2D eigenvalue weighted by molar-refractivity contribution is 14.0. The fourth-order valence-corrected chi connectivity index (χ4v) is 3.64. The van der Waals surface area contributed by atoms with Crippen LogP contribution in [0.25, 0.3) is 0 Å². The molecule has 3 N–H and O–H groups in total. The molecule has 0 aliphatic carbocycles. The molecule has 8 heteroatoms. The summed E-state index contributed by atoms with van der Waals surface area (Å²) in [6.07, 6.45) is 4.87. The zero-order valence-electron chi connectivity index (χ0n) is 17.8. The molecule has 1 unspecified atom stereocenters. The third kappa shape index (κ3) is 6.80. The minimum atomic E-state index is 0. The zero-order valence-corrected chi connectivity index (χ0v) is 20.1. The maximum Gasteiger partial charge on any atom is 0.191 e. The molecule has 0 radical (unpaired) electrons. The van der Waals surface area contributed by atoms with Gasteiger partial charge >= 0.3 is 0 Å². The number of nitrogens with one attached hydrogen (secondary N) is 2. The Bertz CT molecular complexity index is 777. The smallest absolute Gasteiger partial charge is 0.191 e. The van der Waals surface area contributed by atoms with Crippen LogP contribution in [-0.2, 0) is 6.42 Å². The van der Waals surface area contributed by atoms with Crippen molar-refractivity contribution in [2.24, 2.45) is 4.99 Å². The Balaban J connectivity index is 0.00000320. The van der Waals surface area contributed by atoms with E-state index in [0.717, 1.165) is 36.9 Å². The standard InChI is InChI=1S/C22H32N4O3.HI/c1-3-23-22(24-11-10-17-8-9-18(28-2)15-20(17)27)25-16-19(21-7-6-14-29-21)26-12-4-5-13-26;/h6-9,14-15,19,27H,3-5,10-13,16H2,1-2H3,(H2,23,24,25);1H. The van der Waals surface area contributed by atoms with Gasteiger partial charge in [-0.05, 0) is 63.0 Å². The lowest BCUT2D eigenvalue weighted by Gasteiger charge is -2.24. The average molecular weight is 528 g/mol. The number of phenols is 1. The summed E-state index contributed by atoms with van der Waals surface area (Å²) in [5, 5.41) is 16.8. The van der Waals surface area contributed by atoms with Gasteiger partial charge in [0.25, 0.3) is 0 Å². The van der Waals surface area contributed by atoms with Crippen molar-refractivity contribution in [1.82, 2.24) is 15.5 Å². The van der Waals surface area contributed by atoms with E-state index in [4.69, 9.17) is 14.1 Å². The van der Waals surface area contributed by atoms with Crippen molar-refractivity contribution in [2.45, 2.75) is 32.2 Å². The number of nitrogens with zero attached hydrogens (tertiary/aromatic N) is 2. The molecule has 1 atom stereocenters. The highest BCUT2D eigenvalue weighted by Crippen LogP contribution is 2.26. The van der Waals surface area contributed by atoms with Gasteiger partial charge in [-0.25, -0.2) is 0 Å². The number of rotatable bonds is 9. The van der Waals surface area contributed by atoms with E-state index in [1.807, 2.05) is 24.3 Å². The van der Waals surface area contributed by atoms with Gasteiger partial charge in [-0.15, -0.1) is 24.0 Å². The summed E-state index contributed by atoms with van der Waals surface area (Å²) in [7, 11) is 1.59. The fraction of sp³-hybridized carbons (Fsp3) is 0.500. The second kappa shape index (κ2) is 12.7. The zero-order chi connectivity index (χ0) is 20.5. The number of aliphatic imine (C=N–C) groups is 1. The van der Waals surface area contributed by atoms with Crippen molar-refractivity contribution in [3.63, 3.8) is 0 Å². The SMILES string of the molecule is CCNC(=NCC(c1ccco1)N1CCCC1)NCCc1ccc(OC)cc1O.I. The van der Waals surface area contributed by atoms with Crippen LogP contribution in [0.15, 0.2) is 46.0 Å². The number of hydrogen-bond donors (Lipinski definition) is 3. The second-order valence-corrected chi connectivity index (χ2v) is 7.17. The molecule has 0 amide bonds. The van der Waals surface area contributed by atoms with Gasteiger partial charge in [0.15, 0.2) is 5.96 Å². The van der Waals surface area contributed by atoms with Crippen LogP contribution in [0.4, 0.5) is 0 Å². The largest absolute Gasteiger partial charge is 0.508 e. The van der Waals surface area contributed by atoms with E-state index in [1.165, 1.54) is 12.8 Å². The first-order valence-electron chi connectivity index (χ1n) is 10.4. The first kappa shape index (κ1) is 24.3. The molecule has 7 nitrogen and oxygen atoms in total. The lowest BCUT2D eigenvalue weighted by molar-refractivity contribution is 0.221. The molecule has 0 saturated carbocycles. The van der Waals surface area contributed by atoms with E-state index in [9.17, 15) is 5.11 Å². The number of aromatic hydroxyl groups is 1. The summed E-state index contributed by atoms with van der Waals surface area (Å²) >= 11 is 0. The van der Waals surface area contributed by atoms with Crippen LogP contribution in [0.2, 0.25) is 0 Å². The highest BCUT2D eigenvalue weighted by Gasteiger charge is 2.25. The van der Waals surface area contributed by atoms with Crippen LogP contribution in [0, 0.1) is 0 Å². The van der Waals surface area contributed by atoms with Gasteiger partial charge in [0.1, 0.15) is 17.3 Å². The third-order valence-corrected chi connectivity index (χ3v) is 5.20. The summed E-state index contributed by atoms with van der Waals surface area (Å²) in [4.78, 5) is 7.25. The maximum atomic E-state index is 10.1. The van der Waals surface area contributed by atoms with Crippen LogP contribution >= 0.6 is 24.0 Å². The minimum absolute atomic E-state index is 0. The number of methoxy groups -OCH3 is 1. The summed E-state index contributed by atoms with van der Waals surface area (Å²) in [5.41, 5.74) is 0.875. The molecule has 0 bridgehead atoms. The van der Waals surface area contributed by atoms with Gasteiger partial charge in [-0.1, -0.05) is 6.07 Å². The van der Waals surface area contributed by atoms with Gasteiger partial charge in [0, 0.05) is 19.2 Å². The van der Waals surface area contributed by atoms with Gasteiger partial charge < -0.3 is 24.9 Å². The van der Waals surface area contributed by atoms with E-state index in [1.54, 1.807) is 19.4 Å². The number of likely N-dealkylation sites (tertiary alicyclic amines) is 1. The molecule has 1 aromatic carbocycles. The van der Waals surface area contributed by atoms with E-state index < -0.39 is 0 Å².